The lowest BCUT2D eigenvalue weighted by molar-refractivity contribution is -0.384. The van der Waals surface area contributed by atoms with Crippen LogP contribution in [-0.2, 0) is 11.2 Å². The lowest BCUT2D eigenvalue weighted by atomic mass is 10.1. The van der Waals surface area contributed by atoms with Gasteiger partial charge in [-0.25, -0.2) is 0 Å². The zero-order chi connectivity index (χ0) is 18.4. The molecule has 0 bridgehead atoms. The van der Waals surface area contributed by atoms with Crippen LogP contribution >= 0.6 is 0 Å². The number of aromatic nitrogens is 1. The lowest BCUT2D eigenvalue weighted by Gasteiger charge is -2.08. The number of H-pyrrole nitrogens is 1. The Balaban J connectivity index is 1.43. The van der Waals surface area contributed by atoms with Gasteiger partial charge in [0.2, 0.25) is 5.91 Å². The second-order valence-corrected chi connectivity index (χ2v) is 5.91. The molecule has 1 aromatic heterocycles. The number of anilines is 1. The Morgan fingerprint density at radius 2 is 1.85 bits per heavy atom. The Labute approximate surface area is 150 Å². The SMILES string of the molecule is O=C(CCc1c[nH]c2ccccc12)NCCNc1ccccc1[N+](=O)[O-]. The zero-order valence-electron chi connectivity index (χ0n) is 14.2. The highest BCUT2D eigenvalue weighted by molar-refractivity contribution is 5.84. The molecule has 1 heterocycles. The minimum atomic E-state index is -0.428. The van der Waals surface area contributed by atoms with Crippen LogP contribution in [0.1, 0.15) is 12.0 Å². The molecule has 0 unspecified atom stereocenters. The Morgan fingerprint density at radius 3 is 2.69 bits per heavy atom. The maximum Gasteiger partial charge on any atom is 0.292 e. The van der Waals surface area contributed by atoms with E-state index in [1.54, 1.807) is 18.2 Å². The third-order valence-corrected chi connectivity index (χ3v) is 4.16. The highest BCUT2D eigenvalue weighted by Gasteiger charge is 2.11. The molecule has 0 aliphatic rings. The van der Waals surface area contributed by atoms with Gasteiger partial charge >= 0.3 is 0 Å². The monoisotopic (exact) mass is 352 g/mol. The molecule has 0 aliphatic carbocycles. The van der Waals surface area contributed by atoms with E-state index in [0.29, 0.717) is 31.6 Å². The van der Waals surface area contributed by atoms with Crippen LogP contribution in [0.4, 0.5) is 11.4 Å². The molecule has 0 saturated heterocycles. The van der Waals surface area contributed by atoms with Crippen LogP contribution in [0.5, 0.6) is 0 Å². The third-order valence-electron chi connectivity index (χ3n) is 4.16. The Kier molecular flexibility index (Phi) is 5.48. The summed E-state index contributed by atoms with van der Waals surface area (Å²) >= 11 is 0. The first-order chi connectivity index (χ1) is 12.6. The van der Waals surface area contributed by atoms with E-state index in [2.05, 4.69) is 15.6 Å². The van der Waals surface area contributed by atoms with Crippen molar-refractivity contribution >= 4 is 28.2 Å². The fraction of sp³-hybridized carbons (Fsp3) is 0.211. The van der Waals surface area contributed by atoms with Crippen molar-refractivity contribution in [1.29, 1.82) is 0 Å². The van der Waals surface area contributed by atoms with E-state index in [1.165, 1.54) is 6.07 Å². The molecule has 7 nitrogen and oxygen atoms in total. The van der Waals surface area contributed by atoms with Gasteiger partial charge in [-0.2, -0.15) is 0 Å². The fourth-order valence-electron chi connectivity index (χ4n) is 2.86. The van der Waals surface area contributed by atoms with Gasteiger partial charge in [0, 0.05) is 42.7 Å². The van der Waals surface area contributed by atoms with Crippen molar-refractivity contribution in [3.63, 3.8) is 0 Å². The average molecular weight is 352 g/mol. The minimum absolute atomic E-state index is 0.0261. The molecule has 0 fully saturated rings. The van der Waals surface area contributed by atoms with Gasteiger partial charge in [-0.3, -0.25) is 14.9 Å². The molecule has 0 radical (unpaired) electrons. The molecule has 0 spiro atoms. The Bertz CT molecular complexity index is 920. The van der Waals surface area contributed by atoms with Gasteiger partial charge in [0.25, 0.3) is 5.69 Å². The van der Waals surface area contributed by atoms with Gasteiger partial charge in [0.05, 0.1) is 4.92 Å². The second-order valence-electron chi connectivity index (χ2n) is 5.91. The molecular weight excluding hydrogens is 332 g/mol. The molecule has 0 saturated carbocycles. The van der Waals surface area contributed by atoms with Gasteiger partial charge in [0.15, 0.2) is 0 Å². The number of para-hydroxylation sites is 3. The van der Waals surface area contributed by atoms with Crippen LogP contribution in [0.2, 0.25) is 0 Å². The highest BCUT2D eigenvalue weighted by atomic mass is 16.6. The van der Waals surface area contributed by atoms with Crippen LogP contribution in [0.3, 0.4) is 0 Å². The third kappa shape index (κ3) is 4.18. The van der Waals surface area contributed by atoms with Crippen molar-refractivity contribution in [1.82, 2.24) is 10.3 Å². The molecule has 3 aromatic rings. The second kappa shape index (κ2) is 8.15. The number of nitro benzene ring substituents is 1. The minimum Gasteiger partial charge on any atom is -0.378 e. The molecule has 26 heavy (non-hydrogen) atoms. The van der Waals surface area contributed by atoms with Crippen molar-refractivity contribution in [2.24, 2.45) is 0 Å². The summed E-state index contributed by atoms with van der Waals surface area (Å²) in [6.45, 7) is 0.822. The predicted molar refractivity (Wildman–Crippen MR) is 101 cm³/mol. The van der Waals surface area contributed by atoms with Gasteiger partial charge < -0.3 is 15.6 Å². The summed E-state index contributed by atoms with van der Waals surface area (Å²) in [6.07, 6.45) is 2.99. The number of fused-ring (bicyclic) bond motifs is 1. The lowest BCUT2D eigenvalue weighted by Crippen LogP contribution is -2.29. The summed E-state index contributed by atoms with van der Waals surface area (Å²) in [5.41, 5.74) is 2.66. The molecule has 0 atom stereocenters. The summed E-state index contributed by atoms with van der Waals surface area (Å²) in [6, 6.07) is 14.4. The van der Waals surface area contributed by atoms with Gasteiger partial charge in [-0.15, -0.1) is 0 Å². The van der Waals surface area contributed by atoms with Crippen LogP contribution in [-0.4, -0.2) is 28.9 Å². The first-order valence-electron chi connectivity index (χ1n) is 8.44. The maximum absolute atomic E-state index is 12.0. The number of nitrogens with one attached hydrogen (secondary N) is 3. The van der Waals surface area contributed by atoms with Gasteiger partial charge in [0.1, 0.15) is 5.69 Å². The fourth-order valence-corrected chi connectivity index (χ4v) is 2.86. The molecule has 7 heteroatoms. The number of aryl methyl sites for hydroxylation is 1. The van der Waals surface area contributed by atoms with Crippen molar-refractivity contribution in [3.8, 4) is 0 Å². The molecule has 2 aromatic carbocycles. The van der Waals surface area contributed by atoms with E-state index in [1.807, 2.05) is 30.5 Å². The first kappa shape index (κ1) is 17.5. The van der Waals surface area contributed by atoms with Crippen molar-refractivity contribution in [3.05, 3.63) is 70.4 Å². The summed E-state index contributed by atoms with van der Waals surface area (Å²) in [5.74, 6) is -0.0420. The van der Waals surface area contributed by atoms with Crippen molar-refractivity contribution in [2.45, 2.75) is 12.8 Å². The summed E-state index contributed by atoms with van der Waals surface area (Å²) in [4.78, 5) is 25.7. The number of benzene rings is 2. The maximum atomic E-state index is 12.0. The van der Waals surface area contributed by atoms with Gasteiger partial charge in [-0.05, 0) is 24.1 Å². The Morgan fingerprint density at radius 1 is 1.08 bits per heavy atom. The molecule has 3 rings (SSSR count). The molecule has 1 amide bonds. The van der Waals surface area contributed by atoms with Crippen molar-refractivity contribution < 1.29 is 9.72 Å². The normalized spacial score (nSPS) is 10.6. The number of hydrogen-bond donors (Lipinski definition) is 3. The number of amides is 1. The number of rotatable bonds is 8. The molecule has 0 aliphatic heterocycles. The summed E-state index contributed by atoms with van der Waals surface area (Å²) in [5, 5.41) is 17.9. The number of carbonyl (C=O) groups excluding carboxylic acids is 1. The van der Waals surface area contributed by atoms with Crippen molar-refractivity contribution in [2.75, 3.05) is 18.4 Å². The van der Waals surface area contributed by atoms with Crippen LogP contribution in [0.25, 0.3) is 10.9 Å². The van der Waals surface area contributed by atoms with Crippen LogP contribution in [0.15, 0.2) is 54.7 Å². The molecule has 3 N–H and O–H groups in total. The number of carbonyl (C=O) groups is 1. The van der Waals surface area contributed by atoms with Crippen LogP contribution in [0, 0.1) is 10.1 Å². The standard InChI is InChI=1S/C19H20N4O3/c24-19(10-9-14-13-22-16-6-2-1-5-15(14)16)21-12-11-20-17-7-3-4-8-18(17)23(25)26/h1-8,13,20,22H,9-12H2,(H,21,24). The topological polar surface area (TPSA) is 100 Å². The van der Waals surface area contributed by atoms with E-state index in [9.17, 15) is 14.9 Å². The average Bonchev–Trinajstić information content (AvgIpc) is 3.07. The predicted octanol–water partition coefficient (Wildman–Crippen LogP) is 3.24. The van der Waals surface area contributed by atoms with Gasteiger partial charge in [-0.1, -0.05) is 30.3 Å². The Hall–Kier alpha value is -3.35. The first-order valence-corrected chi connectivity index (χ1v) is 8.44. The highest BCUT2D eigenvalue weighted by Crippen LogP contribution is 2.22. The largest absolute Gasteiger partial charge is 0.378 e. The number of hydrogen-bond acceptors (Lipinski definition) is 4. The van der Waals surface area contributed by atoms with E-state index in [4.69, 9.17) is 0 Å². The number of nitro groups is 1. The van der Waals surface area contributed by atoms with E-state index >= 15 is 0 Å². The van der Waals surface area contributed by atoms with E-state index in [-0.39, 0.29) is 11.6 Å². The smallest absolute Gasteiger partial charge is 0.292 e. The van der Waals surface area contributed by atoms with Crippen LogP contribution < -0.4 is 10.6 Å². The number of aromatic amines is 1. The molecule has 134 valence electrons. The van der Waals surface area contributed by atoms with E-state index < -0.39 is 4.92 Å². The molecular formula is C19H20N4O3. The quantitative estimate of drug-likeness (QED) is 0.329. The van der Waals surface area contributed by atoms with E-state index in [0.717, 1.165) is 16.5 Å². The summed E-state index contributed by atoms with van der Waals surface area (Å²) in [7, 11) is 0. The zero-order valence-corrected chi connectivity index (χ0v) is 14.2. The summed E-state index contributed by atoms with van der Waals surface area (Å²) < 4.78 is 0. The number of nitrogens with zero attached hydrogens (tertiary/aromatic N) is 1.